The predicted octanol–water partition coefficient (Wildman–Crippen LogP) is 2.74. The first-order valence-corrected chi connectivity index (χ1v) is 5.54. The van der Waals surface area contributed by atoms with Crippen LogP contribution >= 0.6 is 0 Å². The molecule has 4 N–H and O–H groups in total. The summed E-state index contributed by atoms with van der Waals surface area (Å²) in [5.74, 6) is -0.973. The van der Waals surface area contributed by atoms with Crippen molar-refractivity contribution < 1.29 is 26.3 Å². The first-order valence-electron chi connectivity index (χ1n) is 5.54. The van der Waals surface area contributed by atoms with Crippen LogP contribution in [0, 0.1) is 0 Å². The summed E-state index contributed by atoms with van der Waals surface area (Å²) in [5, 5.41) is 6.53. The molecule has 0 unspecified atom stereocenters. The standard InChI is InChI=1S/C11H7F6N5/c12-10(13,14)4-1-2-6(11(15,16)17)5(3-4)7-8(18)20-9(19)22-21-7/h1-3H,(H4,18,19,20,22). The Morgan fingerprint density at radius 1 is 0.864 bits per heavy atom. The normalized spacial score (nSPS) is 12.5. The molecule has 0 atom stereocenters. The van der Waals surface area contributed by atoms with Gasteiger partial charge in [0.05, 0.1) is 11.1 Å². The second-order valence-electron chi connectivity index (χ2n) is 4.16. The summed E-state index contributed by atoms with van der Waals surface area (Å²) in [7, 11) is 0. The Hall–Kier alpha value is -2.59. The van der Waals surface area contributed by atoms with Crippen molar-refractivity contribution >= 4 is 11.8 Å². The number of rotatable bonds is 1. The molecular formula is C11H7F6N5. The van der Waals surface area contributed by atoms with Gasteiger partial charge in [0.25, 0.3) is 0 Å². The first-order chi connectivity index (χ1) is 10.00. The minimum absolute atomic E-state index is 0.293. The molecule has 0 saturated carbocycles. The highest BCUT2D eigenvalue weighted by Crippen LogP contribution is 2.41. The third-order valence-electron chi connectivity index (χ3n) is 2.64. The van der Waals surface area contributed by atoms with E-state index in [0.717, 1.165) is 0 Å². The molecule has 0 saturated heterocycles. The molecule has 2 aromatic rings. The zero-order chi connectivity index (χ0) is 16.7. The molecule has 0 aliphatic rings. The third-order valence-corrected chi connectivity index (χ3v) is 2.64. The van der Waals surface area contributed by atoms with Crippen LogP contribution in [0.1, 0.15) is 11.1 Å². The minimum atomic E-state index is -4.91. The number of hydrogen-bond acceptors (Lipinski definition) is 5. The largest absolute Gasteiger partial charge is 0.417 e. The SMILES string of the molecule is Nc1nnc(-c2cc(C(F)(F)F)ccc2C(F)(F)F)c(N)n1. The number of anilines is 2. The number of hydrogen-bond donors (Lipinski definition) is 2. The number of alkyl halides is 6. The van der Waals surface area contributed by atoms with Gasteiger partial charge in [0.1, 0.15) is 5.69 Å². The summed E-state index contributed by atoms with van der Waals surface area (Å²) in [6.45, 7) is 0. The quantitative estimate of drug-likeness (QED) is 0.788. The Kier molecular flexibility index (Phi) is 3.59. The van der Waals surface area contributed by atoms with Gasteiger partial charge in [0, 0.05) is 5.56 Å². The van der Waals surface area contributed by atoms with E-state index in [1.54, 1.807) is 0 Å². The Bertz CT molecular complexity index is 709. The highest BCUT2D eigenvalue weighted by molar-refractivity contribution is 5.74. The molecule has 11 heteroatoms. The number of nitrogens with zero attached hydrogens (tertiary/aromatic N) is 3. The molecule has 1 aromatic heterocycles. The van der Waals surface area contributed by atoms with Crippen LogP contribution < -0.4 is 11.5 Å². The van der Waals surface area contributed by atoms with Crippen LogP contribution in [0.25, 0.3) is 11.3 Å². The molecular weight excluding hydrogens is 316 g/mol. The summed E-state index contributed by atoms with van der Waals surface area (Å²) in [6.07, 6.45) is -9.74. The molecule has 22 heavy (non-hydrogen) atoms. The molecule has 0 aliphatic carbocycles. The molecule has 1 heterocycles. The maximum atomic E-state index is 13.0. The lowest BCUT2D eigenvalue weighted by Gasteiger charge is -2.15. The van der Waals surface area contributed by atoms with Crippen molar-refractivity contribution in [2.24, 2.45) is 0 Å². The lowest BCUT2D eigenvalue weighted by atomic mass is 10.00. The van der Waals surface area contributed by atoms with Gasteiger partial charge in [0.15, 0.2) is 5.82 Å². The predicted molar refractivity (Wildman–Crippen MR) is 64.1 cm³/mol. The van der Waals surface area contributed by atoms with Crippen LogP contribution in [0.4, 0.5) is 38.1 Å². The van der Waals surface area contributed by atoms with E-state index in [4.69, 9.17) is 11.5 Å². The number of nitrogen functional groups attached to an aromatic ring is 2. The maximum absolute atomic E-state index is 13.0. The van der Waals surface area contributed by atoms with Gasteiger partial charge in [-0.15, -0.1) is 10.2 Å². The maximum Gasteiger partial charge on any atom is 0.417 e. The topological polar surface area (TPSA) is 90.7 Å². The third kappa shape index (κ3) is 3.02. The van der Waals surface area contributed by atoms with Gasteiger partial charge in [0.2, 0.25) is 5.95 Å². The van der Waals surface area contributed by atoms with Gasteiger partial charge in [-0.2, -0.15) is 31.3 Å². The zero-order valence-corrected chi connectivity index (χ0v) is 10.5. The Morgan fingerprint density at radius 3 is 2.00 bits per heavy atom. The summed E-state index contributed by atoms with van der Waals surface area (Å²) in [4.78, 5) is 3.40. The minimum Gasteiger partial charge on any atom is -0.382 e. The number of halogens is 6. The van der Waals surface area contributed by atoms with Gasteiger partial charge < -0.3 is 11.5 Å². The zero-order valence-electron chi connectivity index (χ0n) is 10.5. The van der Waals surface area contributed by atoms with Crippen LogP contribution in [0.3, 0.4) is 0 Å². The molecule has 5 nitrogen and oxygen atoms in total. The molecule has 0 aliphatic heterocycles. The van der Waals surface area contributed by atoms with Crippen LogP contribution in [0.15, 0.2) is 18.2 Å². The molecule has 0 bridgehead atoms. The van der Waals surface area contributed by atoms with Crippen LogP contribution in [-0.4, -0.2) is 15.2 Å². The highest BCUT2D eigenvalue weighted by Gasteiger charge is 2.38. The fraction of sp³-hybridized carbons (Fsp3) is 0.182. The monoisotopic (exact) mass is 323 g/mol. The van der Waals surface area contributed by atoms with E-state index >= 15 is 0 Å². The van der Waals surface area contributed by atoms with Crippen molar-refractivity contribution in [3.05, 3.63) is 29.3 Å². The molecule has 1 aromatic carbocycles. The van der Waals surface area contributed by atoms with E-state index in [2.05, 4.69) is 15.2 Å². The van der Waals surface area contributed by atoms with Crippen molar-refractivity contribution in [3.63, 3.8) is 0 Å². The summed E-state index contributed by atoms with van der Waals surface area (Å²) >= 11 is 0. The Balaban J connectivity index is 2.75. The fourth-order valence-electron chi connectivity index (χ4n) is 1.71. The summed E-state index contributed by atoms with van der Waals surface area (Å²) in [5.41, 5.74) is 6.41. The van der Waals surface area contributed by atoms with Crippen molar-refractivity contribution in [3.8, 4) is 11.3 Å². The molecule has 0 spiro atoms. The molecule has 0 radical (unpaired) electrons. The second-order valence-corrected chi connectivity index (χ2v) is 4.16. The van der Waals surface area contributed by atoms with Gasteiger partial charge in [-0.3, -0.25) is 0 Å². The lowest BCUT2D eigenvalue weighted by Crippen LogP contribution is -2.13. The van der Waals surface area contributed by atoms with Crippen molar-refractivity contribution in [1.29, 1.82) is 0 Å². The van der Waals surface area contributed by atoms with E-state index in [1.807, 2.05) is 0 Å². The van der Waals surface area contributed by atoms with E-state index in [1.165, 1.54) is 0 Å². The van der Waals surface area contributed by atoms with E-state index in [9.17, 15) is 26.3 Å². The molecule has 2 rings (SSSR count). The van der Waals surface area contributed by atoms with E-state index in [0.29, 0.717) is 18.2 Å². The number of nitrogens with two attached hydrogens (primary N) is 2. The van der Waals surface area contributed by atoms with Gasteiger partial charge in [-0.1, -0.05) is 0 Å². The van der Waals surface area contributed by atoms with Gasteiger partial charge in [-0.25, -0.2) is 0 Å². The average molecular weight is 323 g/mol. The van der Waals surface area contributed by atoms with Crippen molar-refractivity contribution in [1.82, 2.24) is 15.2 Å². The van der Waals surface area contributed by atoms with Gasteiger partial charge >= 0.3 is 12.4 Å². The molecule has 0 amide bonds. The van der Waals surface area contributed by atoms with Gasteiger partial charge in [-0.05, 0) is 18.2 Å². The van der Waals surface area contributed by atoms with E-state index < -0.39 is 46.5 Å². The average Bonchev–Trinajstić information content (AvgIpc) is 2.36. The van der Waals surface area contributed by atoms with Crippen LogP contribution in [-0.2, 0) is 12.4 Å². The molecule has 0 fully saturated rings. The number of benzene rings is 1. The number of aromatic nitrogens is 3. The fourth-order valence-corrected chi connectivity index (χ4v) is 1.71. The Morgan fingerprint density at radius 2 is 1.50 bits per heavy atom. The highest BCUT2D eigenvalue weighted by atomic mass is 19.4. The van der Waals surface area contributed by atoms with E-state index in [-0.39, 0.29) is 0 Å². The van der Waals surface area contributed by atoms with Crippen LogP contribution in [0.2, 0.25) is 0 Å². The van der Waals surface area contributed by atoms with Crippen molar-refractivity contribution in [2.45, 2.75) is 12.4 Å². The first kappa shape index (κ1) is 15.8. The lowest BCUT2D eigenvalue weighted by molar-refractivity contribution is -0.141. The Labute approximate surface area is 119 Å². The van der Waals surface area contributed by atoms with Crippen molar-refractivity contribution in [2.75, 3.05) is 11.5 Å². The van der Waals surface area contributed by atoms with Crippen LogP contribution in [0.5, 0.6) is 0 Å². The smallest absolute Gasteiger partial charge is 0.382 e. The summed E-state index contributed by atoms with van der Waals surface area (Å²) in [6, 6.07) is 0.914. The summed E-state index contributed by atoms with van der Waals surface area (Å²) < 4.78 is 77.0. The molecule has 118 valence electrons. The second kappa shape index (κ2) is 5.00.